The summed E-state index contributed by atoms with van der Waals surface area (Å²) in [7, 11) is 6.58. The van der Waals surface area contributed by atoms with Gasteiger partial charge in [0.1, 0.15) is 22.8 Å². The van der Waals surface area contributed by atoms with E-state index in [0.717, 1.165) is 12.0 Å². The number of benzene rings is 1. The number of nitrogens with one attached hydrogen (secondary N) is 4. The summed E-state index contributed by atoms with van der Waals surface area (Å²) < 4.78 is 10.2. The summed E-state index contributed by atoms with van der Waals surface area (Å²) in [5, 5.41) is 9.65. The van der Waals surface area contributed by atoms with Gasteiger partial charge in [0, 0.05) is 64.3 Å². The van der Waals surface area contributed by atoms with Crippen LogP contribution in [0.4, 0.5) is 17.1 Å². The lowest BCUT2D eigenvalue weighted by Crippen LogP contribution is -2.44. The first kappa shape index (κ1) is 37.1. The number of ether oxygens (including phenoxy) is 1. The highest BCUT2D eigenvalue weighted by Gasteiger charge is 2.24. The summed E-state index contributed by atoms with van der Waals surface area (Å²) in [6, 6.07) is 9.91. The van der Waals surface area contributed by atoms with Crippen LogP contribution < -0.4 is 42.6 Å². The number of amides is 4. The summed E-state index contributed by atoms with van der Waals surface area (Å²) >= 11 is 5.93. The van der Waals surface area contributed by atoms with Crippen LogP contribution in [0.25, 0.3) is 0 Å². The fraction of sp³-hybridized carbons (Fsp3) is 0.303. The number of hydrogen-bond acceptors (Lipinski definition) is 7. The van der Waals surface area contributed by atoms with Crippen LogP contribution >= 0.6 is 11.6 Å². The van der Waals surface area contributed by atoms with E-state index in [2.05, 4.69) is 26.4 Å². The van der Waals surface area contributed by atoms with Gasteiger partial charge in [-0.05, 0) is 42.3 Å². The van der Waals surface area contributed by atoms with Crippen molar-refractivity contribution >= 4 is 58.3 Å². The normalized spacial score (nSPS) is 10.8. The first-order valence-electron chi connectivity index (χ1n) is 15.6. The Morgan fingerprint density at radius 1 is 0.840 bits per heavy atom. The third-order valence-corrected chi connectivity index (χ3v) is 7.84. The number of hydrogen-bond donors (Lipinski definition) is 6. The summed E-state index contributed by atoms with van der Waals surface area (Å²) in [6.07, 6.45) is 5.60. The lowest BCUT2D eigenvalue weighted by Gasteiger charge is -2.22. The number of anilines is 3. The first-order chi connectivity index (χ1) is 23.9. The van der Waals surface area contributed by atoms with E-state index in [4.69, 9.17) is 27.8 Å². The van der Waals surface area contributed by atoms with E-state index in [1.54, 1.807) is 84.8 Å². The Balaban J connectivity index is 1.46. The summed E-state index contributed by atoms with van der Waals surface area (Å²) in [6.45, 7) is 2.76. The number of halogens is 1. The Hall–Kier alpha value is -5.74. The molecule has 0 unspecified atom stereocenters. The number of alkyl halides is 1. The maximum atomic E-state index is 13.6. The predicted molar refractivity (Wildman–Crippen MR) is 193 cm³/mol. The molecule has 266 valence electrons. The van der Waals surface area contributed by atoms with Gasteiger partial charge in [0.05, 0.1) is 30.7 Å². The molecule has 4 rings (SSSR count). The fourth-order valence-electron chi connectivity index (χ4n) is 5.18. The van der Waals surface area contributed by atoms with Gasteiger partial charge >= 0.3 is 0 Å². The molecule has 4 aromatic rings. The fourth-order valence-corrected chi connectivity index (χ4v) is 5.27. The standard InChI is InChI=1S/C33H42ClN11O5/c1-6-20-7-8-21(13-28(20)50-5)32(49)45(39-10-9-34)24-16-27(44(4)19-24)31(48)41-23-15-26(43(3)18-23)30(47)40-22-14-25(42(2)17-22)29(46)37-11-12-38-33(35)36/h7-8,13-19,39H,6,9-12H2,1-5H3,(H,37,46)(H,40,47)(H,41,48)(H4,35,36,38). The quantitative estimate of drug-likeness (QED) is 0.0354. The van der Waals surface area contributed by atoms with Crippen LogP contribution in [0.2, 0.25) is 0 Å². The zero-order valence-electron chi connectivity index (χ0n) is 28.5. The maximum Gasteiger partial charge on any atom is 0.272 e. The Kier molecular flexibility index (Phi) is 12.3. The second kappa shape index (κ2) is 16.6. The third-order valence-electron chi connectivity index (χ3n) is 7.65. The van der Waals surface area contributed by atoms with Crippen LogP contribution in [-0.4, -0.2) is 75.9 Å². The lowest BCUT2D eigenvalue weighted by atomic mass is 10.1. The Morgan fingerprint density at radius 2 is 1.42 bits per heavy atom. The van der Waals surface area contributed by atoms with Crippen molar-refractivity contribution in [3.63, 3.8) is 0 Å². The van der Waals surface area contributed by atoms with Gasteiger partial charge in [0.15, 0.2) is 5.96 Å². The summed E-state index contributed by atoms with van der Waals surface area (Å²) in [4.78, 5) is 56.7. The van der Waals surface area contributed by atoms with Crippen LogP contribution in [0, 0.1) is 0 Å². The Bertz CT molecular complexity index is 1900. The Morgan fingerprint density at radius 3 is 1.98 bits per heavy atom. The van der Waals surface area contributed by atoms with Gasteiger partial charge in [0.25, 0.3) is 23.6 Å². The number of aliphatic imine (C=N–C) groups is 1. The average molecular weight is 708 g/mol. The number of guanidine groups is 1. The van der Waals surface area contributed by atoms with E-state index in [-0.39, 0.29) is 48.1 Å². The van der Waals surface area contributed by atoms with Gasteiger partial charge in [-0.3, -0.25) is 24.2 Å². The number of rotatable bonds is 15. The maximum absolute atomic E-state index is 13.6. The van der Waals surface area contributed by atoms with Crippen molar-refractivity contribution in [2.24, 2.45) is 37.6 Å². The highest BCUT2D eigenvalue weighted by Crippen LogP contribution is 2.25. The summed E-state index contributed by atoms with van der Waals surface area (Å²) in [5.41, 5.74) is 17.0. The number of carbonyl (C=O) groups excluding carboxylic acids is 4. The molecule has 0 saturated carbocycles. The van der Waals surface area contributed by atoms with E-state index in [1.807, 2.05) is 13.0 Å². The van der Waals surface area contributed by atoms with Crippen LogP contribution in [-0.2, 0) is 27.6 Å². The van der Waals surface area contributed by atoms with Crippen molar-refractivity contribution in [3.05, 3.63) is 83.2 Å². The highest BCUT2D eigenvalue weighted by molar-refractivity contribution is 6.18. The lowest BCUT2D eigenvalue weighted by molar-refractivity contribution is 0.0943. The Labute approximate surface area is 294 Å². The van der Waals surface area contributed by atoms with Crippen molar-refractivity contribution in [1.29, 1.82) is 0 Å². The van der Waals surface area contributed by atoms with E-state index >= 15 is 0 Å². The molecule has 0 aliphatic carbocycles. The molecule has 0 atom stereocenters. The molecule has 0 aliphatic rings. The molecule has 0 bridgehead atoms. The second-order valence-electron chi connectivity index (χ2n) is 11.2. The van der Waals surface area contributed by atoms with E-state index in [1.165, 1.54) is 11.1 Å². The molecule has 1 aromatic carbocycles. The zero-order valence-corrected chi connectivity index (χ0v) is 29.3. The molecule has 17 heteroatoms. The number of aryl methyl sites for hydroxylation is 4. The molecule has 0 saturated heterocycles. The van der Waals surface area contributed by atoms with Gasteiger partial charge in [-0.15, -0.1) is 11.6 Å². The molecule has 3 aromatic heterocycles. The minimum atomic E-state index is -0.464. The molecule has 4 amide bonds. The smallest absolute Gasteiger partial charge is 0.272 e. The van der Waals surface area contributed by atoms with E-state index < -0.39 is 11.8 Å². The van der Waals surface area contributed by atoms with Gasteiger partial charge in [-0.25, -0.2) is 10.4 Å². The van der Waals surface area contributed by atoms with Crippen molar-refractivity contribution in [2.45, 2.75) is 13.3 Å². The van der Waals surface area contributed by atoms with E-state index in [9.17, 15) is 19.2 Å². The van der Waals surface area contributed by atoms with Crippen molar-refractivity contribution in [1.82, 2.24) is 24.4 Å². The number of nitrogens with two attached hydrogens (primary N) is 2. The summed E-state index contributed by atoms with van der Waals surface area (Å²) in [5.74, 6) is -0.859. The van der Waals surface area contributed by atoms with Gasteiger partial charge in [-0.1, -0.05) is 13.0 Å². The molecule has 3 heterocycles. The number of carbonyl (C=O) groups is 4. The van der Waals surface area contributed by atoms with Gasteiger partial charge in [-0.2, -0.15) is 0 Å². The topological polar surface area (TPSA) is 208 Å². The van der Waals surface area contributed by atoms with E-state index in [0.29, 0.717) is 40.6 Å². The molecule has 8 N–H and O–H groups in total. The van der Waals surface area contributed by atoms with Crippen LogP contribution in [0.1, 0.15) is 54.3 Å². The van der Waals surface area contributed by atoms with Gasteiger partial charge < -0.3 is 45.9 Å². The molecular weight excluding hydrogens is 666 g/mol. The SMILES string of the molecule is CCc1ccc(C(=O)N(NCCCl)c2cc(C(=O)Nc3cc(C(=O)Nc4cc(C(=O)NCCN=C(N)N)n(C)c4)n(C)c3)n(C)c2)cc1OC. The number of nitrogens with zero attached hydrogens (tertiary/aromatic N) is 5. The van der Waals surface area contributed by atoms with Crippen LogP contribution in [0.3, 0.4) is 0 Å². The van der Waals surface area contributed by atoms with Gasteiger partial charge in [0.2, 0.25) is 0 Å². The minimum Gasteiger partial charge on any atom is -0.496 e. The molecule has 0 aliphatic heterocycles. The van der Waals surface area contributed by atoms with Crippen molar-refractivity contribution in [2.75, 3.05) is 48.3 Å². The zero-order chi connectivity index (χ0) is 36.5. The largest absolute Gasteiger partial charge is 0.496 e. The number of aromatic nitrogens is 3. The molecule has 0 fully saturated rings. The monoisotopic (exact) mass is 707 g/mol. The van der Waals surface area contributed by atoms with Crippen molar-refractivity contribution < 1.29 is 23.9 Å². The molecule has 50 heavy (non-hydrogen) atoms. The predicted octanol–water partition coefficient (Wildman–Crippen LogP) is 2.17. The molecule has 0 radical (unpaired) electrons. The molecule has 16 nitrogen and oxygen atoms in total. The average Bonchev–Trinajstić information content (AvgIpc) is 3.77. The first-order valence-corrected chi connectivity index (χ1v) is 16.2. The minimum absolute atomic E-state index is 0.0668. The molecular formula is C33H42ClN11O5. The highest BCUT2D eigenvalue weighted by atomic mass is 35.5. The van der Waals surface area contributed by atoms with Crippen LogP contribution in [0.5, 0.6) is 5.75 Å². The van der Waals surface area contributed by atoms with Crippen LogP contribution in [0.15, 0.2) is 60.0 Å². The van der Waals surface area contributed by atoms with Crippen molar-refractivity contribution in [3.8, 4) is 5.75 Å². The number of methoxy groups -OCH3 is 1. The number of hydrazine groups is 1. The molecule has 0 spiro atoms. The second-order valence-corrected chi connectivity index (χ2v) is 11.6. The third kappa shape index (κ3) is 8.83.